The molecule has 0 saturated heterocycles. The van der Waals surface area contributed by atoms with Crippen molar-refractivity contribution in [2.75, 3.05) is 0 Å². The molecule has 0 heterocycles. The Balaban J connectivity index is 4.54. The molecule has 0 unspecified atom stereocenters. The van der Waals surface area contributed by atoms with E-state index < -0.39 is 11.2 Å². The van der Waals surface area contributed by atoms with Crippen LogP contribution >= 0.6 is 0 Å². The molecule has 0 rings (SSSR count). The van der Waals surface area contributed by atoms with Gasteiger partial charge in [-0.3, -0.25) is 9.59 Å². The molecule has 12 heavy (non-hydrogen) atoms. The molecule has 68 valence electrons. The molecule has 0 spiro atoms. The van der Waals surface area contributed by atoms with Crippen molar-refractivity contribution >= 4 is 11.6 Å². The molecular weight excluding hydrogens is 152 g/mol. The summed E-state index contributed by atoms with van der Waals surface area (Å²) in [6.07, 6.45) is 1.38. The zero-order valence-electron chi connectivity index (χ0n) is 8.39. The number of hydrogen-bond donors (Lipinski definition) is 0. The van der Waals surface area contributed by atoms with Gasteiger partial charge in [-0.25, -0.2) is 0 Å². The summed E-state index contributed by atoms with van der Waals surface area (Å²) in [6.45, 7) is 8.83. The van der Waals surface area contributed by atoms with E-state index in [0.717, 1.165) is 5.57 Å². The standard InChI is InChI=1S/C10H16O2/c1-7(2)6-8(11)9(12)10(3,4)5/h6H,1-5H3. The van der Waals surface area contributed by atoms with E-state index in [1.165, 1.54) is 6.08 Å². The molecule has 0 aromatic carbocycles. The molecule has 0 amide bonds. The van der Waals surface area contributed by atoms with Crippen molar-refractivity contribution in [2.45, 2.75) is 34.6 Å². The molecule has 0 aliphatic rings. The molecule has 0 radical (unpaired) electrons. The third kappa shape index (κ3) is 3.46. The minimum atomic E-state index is -0.566. The van der Waals surface area contributed by atoms with Crippen LogP contribution in [0.15, 0.2) is 11.6 Å². The Labute approximate surface area is 73.7 Å². The molecule has 0 aliphatic carbocycles. The first kappa shape index (κ1) is 11.1. The molecule has 0 bridgehead atoms. The van der Waals surface area contributed by atoms with Gasteiger partial charge in [0.15, 0.2) is 0 Å². The second-order valence-corrected chi connectivity index (χ2v) is 4.17. The fraction of sp³-hybridized carbons (Fsp3) is 0.600. The lowest BCUT2D eigenvalue weighted by molar-refractivity contribution is -0.138. The van der Waals surface area contributed by atoms with Gasteiger partial charge in [-0.05, 0) is 19.9 Å². The van der Waals surface area contributed by atoms with Crippen molar-refractivity contribution in [3.8, 4) is 0 Å². The van der Waals surface area contributed by atoms with Gasteiger partial charge >= 0.3 is 0 Å². The molecule has 2 heteroatoms. The number of carbonyl (C=O) groups is 2. The maximum atomic E-state index is 11.3. The Bertz CT molecular complexity index is 225. The van der Waals surface area contributed by atoms with Gasteiger partial charge in [0, 0.05) is 5.41 Å². The van der Waals surface area contributed by atoms with Crippen molar-refractivity contribution in [1.82, 2.24) is 0 Å². The van der Waals surface area contributed by atoms with Crippen molar-refractivity contribution in [3.05, 3.63) is 11.6 Å². The number of allylic oxidation sites excluding steroid dienone is 2. The largest absolute Gasteiger partial charge is 0.290 e. The van der Waals surface area contributed by atoms with E-state index in [4.69, 9.17) is 0 Å². The summed E-state index contributed by atoms with van der Waals surface area (Å²) in [5, 5.41) is 0. The van der Waals surface area contributed by atoms with Crippen LogP contribution in [-0.4, -0.2) is 11.6 Å². The Morgan fingerprint density at radius 3 is 1.75 bits per heavy atom. The van der Waals surface area contributed by atoms with Gasteiger partial charge in [0.2, 0.25) is 11.6 Å². The lowest BCUT2D eigenvalue weighted by atomic mass is 9.88. The minimum absolute atomic E-state index is 0.330. The van der Waals surface area contributed by atoms with Crippen LogP contribution < -0.4 is 0 Å². The molecule has 0 aromatic rings. The first-order valence-electron chi connectivity index (χ1n) is 3.99. The zero-order valence-corrected chi connectivity index (χ0v) is 8.39. The molecule has 0 N–H and O–H groups in total. The smallest absolute Gasteiger partial charge is 0.221 e. The van der Waals surface area contributed by atoms with Gasteiger partial charge in [-0.15, -0.1) is 0 Å². The van der Waals surface area contributed by atoms with Crippen LogP contribution in [0.2, 0.25) is 0 Å². The number of Topliss-reactive ketones (excluding diaryl/α,β-unsaturated/α-hetero) is 1. The van der Waals surface area contributed by atoms with Gasteiger partial charge in [0.1, 0.15) is 0 Å². The van der Waals surface area contributed by atoms with E-state index in [1.807, 2.05) is 0 Å². The quantitative estimate of drug-likeness (QED) is 0.467. The molecule has 0 aliphatic heterocycles. The van der Waals surface area contributed by atoms with E-state index in [-0.39, 0.29) is 5.78 Å². The predicted octanol–water partition coefficient (Wildman–Crippen LogP) is 2.14. The summed E-state index contributed by atoms with van der Waals surface area (Å²) < 4.78 is 0. The summed E-state index contributed by atoms with van der Waals surface area (Å²) >= 11 is 0. The summed E-state index contributed by atoms with van der Waals surface area (Å²) in [6, 6.07) is 0. The Morgan fingerprint density at radius 2 is 1.50 bits per heavy atom. The molecule has 0 aromatic heterocycles. The van der Waals surface area contributed by atoms with Gasteiger partial charge in [0.25, 0.3) is 0 Å². The molecule has 2 nitrogen and oxygen atoms in total. The average Bonchev–Trinajstić information content (AvgIpc) is 1.82. The maximum Gasteiger partial charge on any atom is 0.221 e. The first-order valence-corrected chi connectivity index (χ1v) is 3.99. The monoisotopic (exact) mass is 168 g/mol. The second kappa shape index (κ2) is 3.65. The average molecular weight is 168 g/mol. The van der Waals surface area contributed by atoms with E-state index >= 15 is 0 Å². The number of ketones is 2. The first-order chi connectivity index (χ1) is 5.25. The highest BCUT2D eigenvalue weighted by Gasteiger charge is 2.26. The number of hydrogen-bond acceptors (Lipinski definition) is 2. The molecule has 0 atom stereocenters. The van der Waals surface area contributed by atoms with Crippen LogP contribution in [0.4, 0.5) is 0 Å². The van der Waals surface area contributed by atoms with Crippen LogP contribution in [0.3, 0.4) is 0 Å². The van der Waals surface area contributed by atoms with Gasteiger partial charge < -0.3 is 0 Å². The van der Waals surface area contributed by atoms with E-state index in [9.17, 15) is 9.59 Å². The highest BCUT2D eigenvalue weighted by molar-refractivity contribution is 6.43. The van der Waals surface area contributed by atoms with Crippen molar-refractivity contribution in [2.24, 2.45) is 5.41 Å². The van der Waals surface area contributed by atoms with Crippen LogP contribution in [0.25, 0.3) is 0 Å². The third-order valence-electron chi connectivity index (χ3n) is 1.32. The zero-order chi connectivity index (χ0) is 9.94. The summed E-state index contributed by atoms with van der Waals surface area (Å²) in [4.78, 5) is 22.5. The lowest BCUT2D eigenvalue weighted by Gasteiger charge is -2.13. The van der Waals surface area contributed by atoms with Gasteiger partial charge in [0.05, 0.1) is 0 Å². The summed E-state index contributed by atoms with van der Waals surface area (Å²) in [7, 11) is 0. The van der Waals surface area contributed by atoms with Crippen molar-refractivity contribution in [3.63, 3.8) is 0 Å². The molecule has 0 fully saturated rings. The Kier molecular flexibility index (Phi) is 3.37. The lowest BCUT2D eigenvalue weighted by Crippen LogP contribution is -2.27. The predicted molar refractivity (Wildman–Crippen MR) is 48.9 cm³/mol. The summed E-state index contributed by atoms with van der Waals surface area (Å²) in [5.74, 6) is -0.730. The van der Waals surface area contributed by atoms with E-state index in [1.54, 1.807) is 34.6 Å². The van der Waals surface area contributed by atoms with Crippen LogP contribution in [-0.2, 0) is 9.59 Å². The SMILES string of the molecule is CC(C)=CC(=O)C(=O)C(C)(C)C. The topological polar surface area (TPSA) is 34.1 Å². The number of carbonyl (C=O) groups excluding carboxylic acids is 2. The van der Waals surface area contributed by atoms with E-state index in [2.05, 4.69) is 0 Å². The highest BCUT2D eigenvalue weighted by atomic mass is 16.2. The fourth-order valence-electron chi connectivity index (χ4n) is 0.697. The van der Waals surface area contributed by atoms with Crippen molar-refractivity contribution in [1.29, 1.82) is 0 Å². The Hall–Kier alpha value is -0.920. The van der Waals surface area contributed by atoms with Gasteiger partial charge in [-0.2, -0.15) is 0 Å². The number of rotatable bonds is 2. The normalized spacial score (nSPS) is 10.8. The highest BCUT2D eigenvalue weighted by Crippen LogP contribution is 2.15. The second-order valence-electron chi connectivity index (χ2n) is 4.17. The maximum absolute atomic E-state index is 11.3. The Morgan fingerprint density at radius 1 is 1.08 bits per heavy atom. The fourth-order valence-corrected chi connectivity index (χ4v) is 0.697. The third-order valence-corrected chi connectivity index (χ3v) is 1.32. The van der Waals surface area contributed by atoms with Gasteiger partial charge in [-0.1, -0.05) is 26.3 Å². The summed E-state index contributed by atoms with van der Waals surface area (Å²) in [5.41, 5.74) is 0.292. The van der Waals surface area contributed by atoms with Crippen LogP contribution in [0.5, 0.6) is 0 Å². The van der Waals surface area contributed by atoms with Crippen molar-refractivity contribution < 1.29 is 9.59 Å². The van der Waals surface area contributed by atoms with Crippen LogP contribution in [0, 0.1) is 5.41 Å². The minimum Gasteiger partial charge on any atom is -0.290 e. The van der Waals surface area contributed by atoms with Crippen LogP contribution in [0.1, 0.15) is 34.6 Å². The van der Waals surface area contributed by atoms with E-state index in [0.29, 0.717) is 0 Å². The molecule has 0 saturated carbocycles. The molecular formula is C10H16O2.